The molecule has 0 bridgehead atoms. The highest BCUT2D eigenvalue weighted by Crippen LogP contribution is 2.36. The lowest BCUT2D eigenvalue weighted by atomic mass is 10.0. The van der Waals surface area contributed by atoms with Gasteiger partial charge >= 0.3 is 0 Å². The van der Waals surface area contributed by atoms with Gasteiger partial charge in [0.05, 0.1) is 11.7 Å². The first kappa shape index (κ1) is 17.7. The molecule has 5 nitrogen and oxygen atoms in total. The lowest BCUT2D eigenvalue weighted by Crippen LogP contribution is -2.34. The maximum absolute atomic E-state index is 5.01. The molecule has 0 aliphatic carbocycles. The second-order valence-electron chi connectivity index (χ2n) is 8.48. The largest absolute Gasteiger partial charge is 0.369 e. The molecule has 1 N–H and O–H groups in total. The summed E-state index contributed by atoms with van der Waals surface area (Å²) in [5.74, 6) is 2.70. The number of fused-ring (bicyclic) bond motifs is 3. The highest BCUT2D eigenvalue weighted by molar-refractivity contribution is 5.84. The summed E-state index contributed by atoms with van der Waals surface area (Å²) < 4.78 is 2.58. The second kappa shape index (κ2) is 7.21. The zero-order valence-corrected chi connectivity index (χ0v) is 16.9. The van der Waals surface area contributed by atoms with Gasteiger partial charge in [0.1, 0.15) is 17.2 Å². The highest BCUT2D eigenvalue weighted by Gasteiger charge is 2.28. The van der Waals surface area contributed by atoms with E-state index in [1.165, 1.54) is 35.3 Å². The van der Waals surface area contributed by atoms with E-state index in [1.807, 2.05) is 6.20 Å². The van der Waals surface area contributed by atoms with Crippen LogP contribution in [-0.2, 0) is 13.0 Å². The van der Waals surface area contributed by atoms with Crippen molar-refractivity contribution in [2.45, 2.75) is 51.6 Å². The van der Waals surface area contributed by atoms with Crippen molar-refractivity contribution in [3.8, 4) is 0 Å². The van der Waals surface area contributed by atoms with Gasteiger partial charge in [-0.25, -0.2) is 9.97 Å². The van der Waals surface area contributed by atoms with Gasteiger partial charge < -0.3 is 9.88 Å². The number of hydrogen-bond acceptors (Lipinski definition) is 4. The molecule has 1 fully saturated rings. The molecule has 1 aromatic carbocycles. The average Bonchev–Trinajstić information content (AvgIpc) is 3.33. The number of likely N-dealkylation sites (tertiary alicyclic amines) is 1. The van der Waals surface area contributed by atoms with E-state index in [0.29, 0.717) is 12.0 Å². The van der Waals surface area contributed by atoms with Crippen molar-refractivity contribution in [1.82, 2.24) is 19.4 Å². The number of aromatic nitrogens is 3. The number of nitrogens with zero attached hydrogens (tertiary/aromatic N) is 4. The summed E-state index contributed by atoms with van der Waals surface area (Å²) in [5.41, 5.74) is 5.17. The molecular formula is C23H29N5. The fourth-order valence-electron chi connectivity index (χ4n) is 4.82. The first-order valence-corrected chi connectivity index (χ1v) is 10.6. The van der Waals surface area contributed by atoms with E-state index in [-0.39, 0.29) is 0 Å². The average molecular weight is 376 g/mol. The minimum Gasteiger partial charge on any atom is -0.369 e. The molecule has 5 heteroatoms. The Bertz CT molecular complexity index is 968. The summed E-state index contributed by atoms with van der Waals surface area (Å²) in [6, 6.07) is 11.4. The number of imidazole rings is 1. The van der Waals surface area contributed by atoms with Gasteiger partial charge in [-0.3, -0.25) is 4.90 Å². The monoisotopic (exact) mass is 375 g/mol. The first-order valence-electron chi connectivity index (χ1n) is 10.6. The van der Waals surface area contributed by atoms with Crippen LogP contribution >= 0.6 is 0 Å². The molecule has 2 aliphatic rings. The Morgan fingerprint density at radius 3 is 2.68 bits per heavy atom. The van der Waals surface area contributed by atoms with Gasteiger partial charge in [-0.2, -0.15) is 0 Å². The number of anilines is 1. The number of piperidine rings is 1. The van der Waals surface area contributed by atoms with Crippen LogP contribution in [-0.4, -0.2) is 39.1 Å². The molecule has 0 amide bonds. The van der Waals surface area contributed by atoms with Crippen LogP contribution in [0.5, 0.6) is 0 Å². The van der Waals surface area contributed by atoms with Crippen molar-refractivity contribution in [3.05, 3.63) is 53.5 Å². The van der Waals surface area contributed by atoms with Crippen LogP contribution in [0.2, 0.25) is 0 Å². The van der Waals surface area contributed by atoms with E-state index in [0.717, 1.165) is 43.9 Å². The zero-order chi connectivity index (χ0) is 19.1. The highest BCUT2D eigenvalue weighted by atomic mass is 15.2. The molecule has 1 saturated heterocycles. The smallest absolute Gasteiger partial charge is 0.131 e. The topological polar surface area (TPSA) is 46.0 Å². The summed E-state index contributed by atoms with van der Waals surface area (Å²) >= 11 is 0. The van der Waals surface area contributed by atoms with Gasteiger partial charge in [0.15, 0.2) is 0 Å². The van der Waals surface area contributed by atoms with Gasteiger partial charge in [-0.05, 0) is 24.8 Å². The molecular weight excluding hydrogens is 346 g/mol. The van der Waals surface area contributed by atoms with Gasteiger partial charge in [0.25, 0.3) is 0 Å². The molecule has 28 heavy (non-hydrogen) atoms. The van der Waals surface area contributed by atoms with E-state index in [1.54, 1.807) is 0 Å². The molecule has 0 atom stereocenters. The SMILES string of the molecule is CC(C)c1nc2cnc3c(c2n1C1CCN(Cc2ccccc2)CC1)CCN3. The first-order chi connectivity index (χ1) is 13.7. The molecule has 0 radical (unpaired) electrons. The molecule has 3 aromatic rings. The molecule has 0 saturated carbocycles. The van der Waals surface area contributed by atoms with Gasteiger partial charge in [0.2, 0.25) is 0 Å². The summed E-state index contributed by atoms with van der Waals surface area (Å²) in [5, 5.41) is 3.43. The van der Waals surface area contributed by atoms with Crippen molar-refractivity contribution in [1.29, 1.82) is 0 Å². The summed E-state index contributed by atoms with van der Waals surface area (Å²) in [4.78, 5) is 12.2. The van der Waals surface area contributed by atoms with Crippen LogP contribution in [0.25, 0.3) is 11.0 Å². The maximum atomic E-state index is 5.01. The quantitative estimate of drug-likeness (QED) is 0.736. The maximum Gasteiger partial charge on any atom is 0.131 e. The van der Waals surface area contributed by atoms with Crippen molar-refractivity contribution >= 4 is 16.9 Å². The second-order valence-corrected chi connectivity index (χ2v) is 8.48. The standard InChI is InChI=1S/C23H29N5/c1-16(2)23-26-20-14-25-22-19(8-11-24-22)21(20)28(23)18-9-12-27(13-10-18)15-17-6-4-3-5-7-17/h3-7,14,16,18H,8-13,15H2,1-2H3,(H,24,25). The van der Waals surface area contributed by atoms with E-state index >= 15 is 0 Å². The normalized spacial score (nSPS) is 18.0. The number of pyridine rings is 1. The third-order valence-electron chi connectivity index (χ3n) is 6.21. The molecule has 0 spiro atoms. The number of benzene rings is 1. The molecule has 0 unspecified atom stereocenters. The Balaban J connectivity index is 1.43. The Labute approximate surface area is 166 Å². The molecule has 2 aliphatic heterocycles. The summed E-state index contributed by atoms with van der Waals surface area (Å²) in [7, 11) is 0. The van der Waals surface area contributed by atoms with E-state index in [9.17, 15) is 0 Å². The molecule has 5 rings (SSSR count). The van der Waals surface area contributed by atoms with Crippen LogP contribution in [0.1, 0.15) is 55.6 Å². The van der Waals surface area contributed by atoms with Crippen LogP contribution < -0.4 is 5.32 Å². The van der Waals surface area contributed by atoms with Gasteiger partial charge in [-0.1, -0.05) is 44.2 Å². The van der Waals surface area contributed by atoms with Gasteiger partial charge in [0, 0.05) is 43.7 Å². The summed E-state index contributed by atoms with van der Waals surface area (Å²) in [6.07, 6.45) is 5.38. The number of nitrogens with one attached hydrogen (secondary N) is 1. The zero-order valence-electron chi connectivity index (χ0n) is 16.9. The van der Waals surface area contributed by atoms with Crippen molar-refractivity contribution in [2.75, 3.05) is 25.0 Å². The Hall–Kier alpha value is -2.40. The van der Waals surface area contributed by atoms with Crippen LogP contribution in [0.4, 0.5) is 5.82 Å². The fourth-order valence-corrected chi connectivity index (χ4v) is 4.82. The van der Waals surface area contributed by atoms with Gasteiger partial charge in [-0.15, -0.1) is 0 Å². The third-order valence-corrected chi connectivity index (χ3v) is 6.21. The lowest BCUT2D eigenvalue weighted by Gasteiger charge is -2.34. The summed E-state index contributed by atoms with van der Waals surface area (Å²) in [6.45, 7) is 8.84. The van der Waals surface area contributed by atoms with Crippen LogP contribution in [0.15, 0.2) is 36.5 Å². The molecule has 146 valence electrons. The predicted octanol–water partition coefficient (Wildman–Crippen LogP) is 4.36. The van der Waals surface area contributed by atoms with E-state index in [2.05, 4.69) is 63.9 Å². The van der Waals surface area contributed by atoms with Crippen molar-refractivity contribution in [3.63, 3.8) is 0 Å². The minimum absolute atomic E-state index is 0.416. The van der Waals surface area contributed by atoms with E-state index < -0.39 is 0 Å². The lowest BCUT2D eigenvalue weighted by molar-refractivity contribution is 0.179. The van der Waals surface area contributed by atoms with Crippen molar-refractivity contribution < 1.29 is 0 Å². The molecule has 2 aromatic heterocycles. The Morgan fingerprint density at radius 1 is 1.14 bits per heavy atom. The minimum atomic E-state index is 0.416. The van der Waals surface area contributed by atoms with E-state index in [4.69, 9.17) is 4.98 Å². The van der Waals surface area contributed by atoms with Crippen molar-refractivity contribution in [2.24, 2.45) is 0 Å². The fraction of sp³-hybridized carbons (Fsp3) is 0.478. The van der Waals surface area contributed by atoms with Crippen LogP contribution in [0, 0.1) is 0 Å². The molecule has 4 heterocycles. The Morgan fingerprint density at radius 2 is 1.93 bits per heavy atom. The Kier molecular flexibility index (Phi) is 4.55. The number of hydrogen-bond donors (Lipinski definition) is 1. The predicted molar refractivity (Wildman–Crippen MR) is 114 cm³/mol. The number of rotatable bonds is 4. The van der Waals surface area contributed by atoms with Crippen LogP contribution in [0.3, 0.4) is 0 Å². The third kappa shape index (κ3) is 3.08.